The molecule has 2 aromatic rings. The number of carbonyl (C=O) groups is 1. The minimum atomic E-state index is -0.674. The molecule has 2 rings (SSSR count). The summed E-state index contributed by atoms with van der Waals surface area (Å²) in [6, 6.07) is 12.8. The molecule has 0 fully saturated rings. The summed E-state index contributed by atoms with van der Waals surface area (Å²) < 4.78 is 29.0. The molecule has 24 heavy (non-hydrogen) atoms. The zero-order valence-corrected chi connectivity index (χ0v) is 13.6. The van der Waals surface area contributed by atoms with E-state index in [-0.39, 0.29) is 18.3 Å². The van der Waals surface area contributed by atoms with Gasteiger partial charge in [-0.1, -0.05) is 12.1 Å². The number of rotatable bonds is 8. The molecular weight excluding hydrogens is 313 g/mol. The maximum Gasteiger partial charge on any atom is 0.260 e. The molecule has 0 aliphatic carbocycles. The molecule has 0 unspecified atom stereocenters. The average Bonchev–Trinajstić information content (AvgIpc) is 2.60. The number of amides is 1. The lowest BCUT2D eigenvalue weighted by Gasteiger charge is -2.16. The zero-order chi connectivity index (χ0) is 17.4. The molecule has 0 radical (unpaired) electrons. The van der Waals surface area contributed by atoms with E-state index in [0.29, 0.717) is 23.8 Å². The maximum atomic E-state index is 12.8. The monoisotopic (exact) mass is 333 g/mol. The van der Waals surface area contributed by atoms with Crippen molar-refractivity contribution in [1.82, 2.24) is 5.32 Å². The fourth-order valence-corrected chi connectivity index (χ4v) is 1.98. The third-order valence-electron chi connectivity index (χ3n) is 3.23. The smallest absolute Gasteiger partial charge is 0.260 e. The minimum Gasteiger partial charge on any atom is -0.493 e. The summed E-state index contributed by atoms with van der Waals surface area (Å²) in [7, 11) is 1.54. The normalized spacial score (nSPS) is 11.5. The van der Waals surface area contributed by atoms with Crippen molar-refractivity contribution in [2.24, 2.45) is 0 Å². The van der Waals surface area contributed by atoms with Gasteiger partial charge in [0.1, 0.15) is 18.2 Å². The Morgan fingerprint density at radius 3 is 2.46 bits per heavy atom. The fraction of sp³-hybridized carbons (Fsp3) is 0.278. The van der Waals surface area contributed by atoms with E-state index in [4.69, 9.17) is 14.2 Å². The molecule has 128 valence electrons. The quantitative estimate of drug-likeness (QED) is 0.755. The molecule has 0 spiro atoms. The molecule has 0 saturated carbocycles. The van der Waals surface area contributed by atoms with E-state index in [9.17, 15) is 9.18 Å². The second-order valence-electron chi connectivity index (χ2n) is 5.00. The van der Waals surface area contributed by atoms with E-state index in [2.05, 4.69) is 5.32 Å². The molecule has 1 N–H and O–H groups in total. The number of hydrogen-bond acceptors (Lipinski definition) is 4. The van der Waals surface area contributed by atoms with Gasteiger partial charge in [0, 0.05) is 0 Å². The first-order chi connectivity index (χ1) is 11.6. The Labute approximate surface area is 140 Å². The second-order valence-corrected chi connectivity index (χ2v) is 5.00. The Hall–Kier alpha value is -2.76. The van der Waals surface area contributed by atoms with Crippen molar-refractivity contribution in [2.45, 2.75) is 13.0 Å². The van der Waals surface area contributed by atoms with Crippen molar-refractivity contribution >= 4 is 5.91 Å². The van der Waals surface area contributed by atoms with E-state index >= 15 is 0 Å². The summed E-state index contributed by atoms with van der Waals surface area (Å²) in [4.78, 5) is 12.0. The lowest BCUT2D eigenvalue weighted by atomic mass is 10.3. The lowest BCUT2D eigenvalue weighted by molar-refractivity contribution is -0.127. The lowest BCUT2D eigenvalue weighted by Crippen LogP contribution is -2.38. The predicted molar refractivity (Wildman–Crippen MR) is 88.0 cm³/mol. The van der Waals surface area contributed by atoms with Crippen LogP contribution < -0.4 is 19.5 Å². The van der Waals surface area contributed by atoms with Crippen molar-refractivity contribution in [3.63, 3.8) is 0 Å². The molecule has 6 heteroatoms. The van der Waals surface area contributed by atoms with Crippen LogP contribution in [0.2, 0.25) is 0 Å². The van der Waals surface area contributed by atoms with Crippen molar-refractivity contribution in [1.29, 1.82) is 0 Å². The van der Waals surface area contributed by atoms with E-state index in [1.54, 1.807) is 32.2 Å². The Bertz CT molecular complexity index is 660. The summed E-state index contributed by atoms with van der Waals surface area (Å²) >= 11 is 0. The highest BCUT2D eigenvalue weighted by atomic mass is 19.1. The molecular formula is C18H20FNO4. The average molecular weight is 333 g/mol. The highest BCUT2D eigenvalue weighted by Crippen LogP contribution is 2.26. The van der Waals surface area contributed by atoms with Gasteiger partial charge in [-0.3, -0.25) is 4.79 Å². The molecule has 1 amide bonds. The van der Waals surface area contributed by atoms with Gasteiger partial charge in [-0.2, -0.15) is 0 Å². The van der Waals surface area contributed by atoms with Gasteiger partial charge in [-0.05, 0) is 43.3 Å². The minimum absolute atomic E-state index is 0.261. The number of carbonyl (C=O) groups excluding carboxylic acids is 1. The van der Waals surface area contributed by atoms with Crippen LogP contribution in [0.1, 0.15) is 6.92 Å². The maximum absolute atomic E-state index is 12.8. The topological polar surface area (TPSA) is 56.8 Å². The third-order valence-corrected chi connectivity index (χ3v) is 3.23. The van der Waals surface area contributed by atoms with E-state index in [0.717, 1.165) is 0 Å². The molecule has 0 aliphatic heterocycles. The van der Waals surface area contributed by atoms with Crippen molar-refractivity contribution in [3.05, 3.63) is 54.3 Å². The summed E-state index contributed by atoms with van der Waals surface area (Å²) in [6.45, 7) is 2.25. The summed E-state index contributed by atoms with van der Waals surface area (Å²) in [6.07, 6.45) is -0.674. The van der Waals surface area contributed by atoms with Gasteiger partial charge in [0.15, 0.2) is 17.6 Å². The first kappa shape index (κ1) is 17.6. The Balaban J connectivity index is 1.74. The number of para-hydroxylation sites is 2. The predicted octanol–water partition coefficient (Wildman–Crippen LogP) is 2.80. The van der Waals surface area contributed by atoms with Crippen LogP contribution in [0.5, 0.6) is 17.2 Å². The first-order valence-corrected chi connectivity index (χ1v) is 7.56. The molecule has 1 atom stereocenters. The van der Waals surface area contributed by atoms with Gasteiger partial charge in [0.2, 0.25) is 0 Å². The van der Waals surface area contributed by atoms with Crippen LogP contribution >= 0.6 is 0 Å². The fourth-order valence-electron chi connectivity index (χ4n) is 1.98. The summed E-state index contributed by atoms with van der Waals surface area (Å²) in [5, 5.41) is 2.72. The van der Waals surface area contributed by atoms with Gasteiger partial charge in [-0.15, -0.1) is 0 Å². The van der Waals surface area contributed by atoms with E-state index in [1.165, 1.54) is 24.3 Å². The van der Waals surface area contributed by atoms with Crippen LogP contribution in [0.4, 0.5) is 4.39 Å². The number of nitrogens with one attached hydrogen (secondary N) is 1. The van der Waals surface area contributed by atoms with Crippen molar-refractivity contribution in [2.75, 3.05) is 20.3 Å². The first-order valence-electron chi connectivity index (χ1n) is 7.56. The van der Waals surface area contributed by atoms with Crippen LogP contribution in [-0.2, 0) is 4.79 Å². The van der Waals surface area contributed by atoms with Crippen molar-refractivity contribution < 1.29 is 23.4 Å². The molecule has 0 bridgehead atoms. The van der Waals surface area contributed by atoms with E-state index < -0.39 is 6.10 Å². The number of ether oxygens (including phenoxy) is 3. The third kappa shape index (κ3) is 5.15. The molecule has 0 aromatic heterocycles. The van der Waals surface area contributed by atoms with Crippen LogP contribution in [0, 0.1) is 5.82 Å². The summed E-state index contributed by atoms with van der Waals surface area (Å²) in [5.41, 5.74) is 0. The molecule has 0 aliphatic rings. The van der Waals surface area contributed by atoms with Gasteiger partial charge in [0.05, 0.1) is 13.7 Å². The standard InChI is InChI=1S/C18H20FNO4/c1-13(24-17-6-4-3-5-16(17)22-2)18(21)20-11-12-23-15-9-7-14(19)8-10-15/h3-10,13H,11-12H2,1-2H3,(H,20,21)/t13-/m0/s1. The Morgan fingerprint density at radius 1 is 1.12 bits per heavy atom. The zero-order valence-electron chi connectivity index (χ0n) is 13.6. The molecule has 5 nitrogen and oxygen atoms in total. The Morgan fingerprint density at radius 2 is 1.79 bits per heavy atom. The number of benzene rings is 2. The van der Waals surface area contributed by atoms with Gasteiger partial charge >= 0.3 is 0 Å². The van der Waals surface area contributed by atoms with Crippen LogP contribution in [-0.4, -0.2) is 32.3 Å². The Kier molecular flexibility index (Phi) is 6.42. The highest BCUT2D eigenvalue weighted by Gasteiger charge is 2.16. The molecule has 0 heterocycles. The van der Waals surface area contributed by atoms with Crippen LogP contribution in [0.15, 0.2) is 48.5 Å². The largest absolute Gasteiger partial charge is 0.493 e. The summed E-state index contributed by atoms with van der Waals surface area (Å²) in [5.74, 6) is 1.03. The van der Waals surface area contributed by atoms with Gasteiger partial charge in [0.25, 0.3) is 5.91 Å². The van der Waals surface area contributed by atoms with Gasteiger partial charge < -0.3 is 19.5 Å². The second kappa shape index (κ2) is 8.76. The highest BCUT2D eigenvalue weighted by molar-refractivity contribution is 5.80. The van der Waals surface area contributed by atoms with E-state index in [1.807, 2.05) is 6.07 Å². The molecule has 2 aromatic carbocycles. The van der Waals surface area contributed by atoms with Crippen LogP contribution in [0.3, 0.4) is 0 Å². The van der Waals surface area contributed by atoms with Crippen molar-refractivity contribution in [3.8, 4) is 17.2 Å². The number of methoxy groups -OCH3 is 1. The van der Waals surface area contributed by atoms with Crippen LogP contribution in [0.25, 0.3) is 0 Å². The SMILES string of the molecule is COc1ccccc1O[C@@H](C)C(=O)NCCOc1ccc(F)cc1. The molecule has 0 saturated heterocycles. The van der Waals surface area contributed by atoms with Gasteiger partial charge in [-0.25, -0.2) is 4.39 Å². The number of halogens is 1. The number of hydrogen-bond donors (Lipinski definition) is 1.